The number of aryl methyl sites for hydroxylation is 1. The average molecular weight is 416 g/mol. The van der Waals surface area contributed by atoms with E-state index in [0.717, 1.165) is 6.42 Å². The number of amides is 1. The summed E-state index contributed by atoms with van der Waals surface area (Å²) in [6.07, 6.45) is 0.780. The Morgan fingerprint density at radius 3 is 2.59 bits per heavy atom. The number of benzene rings is 2. The van der Waals surface area contributed by atoms with Crippen LogP contribution in [0.15, 0.2) is 53.1 Å². The molecule has 7 heteroatoms. The number of hydrogen-bond donors (Lipinski definition) is 1. The van der Waals surface area contributed by atoms with Gasteiger partial charge < -0.3 is 14.7 Å². The third-order valence-corrected chi connectivity index (χ3v) is 5.15. The molecule has 0 saturated heterocycles. The van der Waals surface area contributed by atoms with Gasteiger partial charge in [-0.15, -0.1) is 0 Å². The summed E-state index contributed by atoms with van der Waals surface area (Å²) in [4.78, 5) is 15.0. The van der Waals surface area contributed by atoms with E-state index in [1.807, 2.05) is 32.3 Å². The van der Waals surface area contributed by atoms with Gasteiger partial charge in [-0.1, -0.05) is 53.2 Å². The van der Waals surface area contributed by atoms with Crippen LogP contribution in [-0.4, -0.2) is 42.6 Å². The number of carbonyl (C=O) groups is 1. The first-order valence-electron chi connectivity index (χ1n) is 9.27. The molecule has 0 fully saturated rings. The first-order chi connectivity index (χ1) is 13.9. The molecular formula is C22H23ClFN3O2. The number of rotatable bonds is 7. The molecule has 152 valence electrons. The van der Waals surface area contributed by atoms with E-state index in [9.17, 15) is 9.18 Å². The fourth-order valence-electron chi connectivity index (χ4n) is 3.16. The normalized spacial score (nSPS) is 12.2. The van der Waals surface area contributed by atoms with E-state index in [2.05, 4.69) is 27.5 Å². The van der Waals surface area contributed by atoms with Gasteiger partial charge in [0.1, 0.15) is 22.8 Å². The van der Waals surface area contributed by atoms with Crippen LogP contribution >= 0.6 is 11.6 Å². The van der Waals surface area contributed by atoms with E-state index in [4.69, 9.17) is 16.1 Å². The highest BCUT2D eigenvalue weighted by Crippen LogP contribution is 2.33. The van der Waals surface area contributed by atoms with Crippen LogP contribution in [0.5, 0.6) is 0 Å². The van der Waals surface area contributed by atoms with E-state index >= 15 is 0 Å². The predicted octanol–water partition coefficient (Wildman–Crippen LogP) is 4.35. The summed E-state index contributed by atoms with van der Waals surface area (Å²) in [5, 5.41) is 6.99. The first kappa shape index (κ1) is 21.0. The van der Waals surface area contributed by atoms with Gasteiger partial charge >= 0.3 is 0 Å². The molecule has 1 atom stereocenters. The third-order valence-electron chi connectivity index (χ3n) is 4.83. The molecule has 1 N–H and O–H groups in total. The Labute approximate surface area is 174 Å². The number of nitrogens with zero attached hydrogens (tertiary/aromatic N) is 2. The molecule has 5 nitrogen and oxygen atoms in total. The van der Waals surface area contributed by atoms with Crippen molar-refractivity contribution in [3.8, 4) is 11.3 Å². The van der Waals surface area contributed by atoms with Crippen molar-refractivity contribution in [2.45, 2.75) is 19.4 Å². The lowest BCUT2D eigenvalue weighted by molar-refractivity contribution is 0.0940. The Hall–Kier alpha value is -2.70. The van der Waals surface area contributed by atoms with E-state index in [1.54, 1.807) is 13.0 Å². The van der Waals surface area contributed by atoms with Gasteiger partial charge in [-0.25, -0.2) is 4.39 Å². The molecule has 1 aromatic heterocycles. The topological polar surface area (TPSA) is 58.4 Å². The summed E-state index contributed by atoms with van der Waals surface area (Å²) < 4.78 is 19.5. The van der Waals surface area contributed by atoms with Gasteiger partial charge in [0.25, 0.3) is 5.91 Å². The van der Waals surface area contributed by atoms with Crippen LogP contribution in [-0.2, 0) is 6.42 Å². The Bertz CT molecular complexity index is 969. The maximum absolute atomic E-state index is 14.3. The smallest absolute Gasteiger partial charge is 0.257 e. The van der Waals surface area contributed by atoms with Gasteiger partial charge in [0.05, 0.1) is 10.6 Å². The minimum absolute atomic E-state index is 0.0598. The second-order valence-electron chi connectivity index (χ2n) is 7.08. The summed E-state index contributed by atoms with van der Waals surface area (Å²) in [6.45, 7) is 2.03. The zero-order valence-corrected chi connectivity index (χ0v) is 17.3. The molecule has 0 radical (unpaired) electrons. The lowest BCUT2D eigenvalue weighted by Crippen LogP contribution is -2.41. The van der Waals surface area contributed by atoms with Crippen LogP contribution in [0.25, 0.3) is 11.3 Å². The Morgan fingerprint density at radius 2 is 1.93 bits per heavy atom. The van der Waals surface area contributed by atoms with Crippen molar-refractivity contribution in [1.29, 1.82) is 0 Å². The van der Waals surface area contributed by atoms with Crippen LogP contribution in [0.1, 0.15) is 21.7 Å². The molecule has 1 amide bonds. The number of halogens is 2. The third kappa shape index (κ3) is 4.83. The van der Waals surface area contributed by atoms with E-state index in [-0.39, 0.29) is 33.8 Å². The van der Waals surface area contributed by atoms with E-state index in [1.165, 1.54) is 17.7 Å². The minimum atomic E-state index is -0.560. The van der Waals surface area contributed by atoms with Crippen LogP contribution in [0.4, 0.5) is 4.39 Å². The van der Waals surface area contributed by atoms with Gasteiger partial charge in [0.2, 0.25) is 0 Å². The SMILES string of the molecule is Cc1onc(-c2c(F)cccc2Cl)c1C(=O)NCC(Cc1ccccc1)N(C)C. The van der Waals surface area contributed by atoms with Crippen LogP contribution < -0.4 is 5.32 Å². The molecule has 3 aromatic rings. The van der Waals surface area contributed by atoms with Gasteiger partial charge in [0, 0.05) is 12.6 Å². The zero-order valence-electron chi connectivity index (χ0n) is 16.6. The summed E-state index contributed by atoms with van der Waals surface area (Å²) in [5.74, 6) is -0.630. The maximum Gasteiger partial charge on any atom is 0.257 e. The second-order valence-corrected chi connectivity index (χ2v) is 7.48. The average Bonchev–Trinajstić information content (AvgIpc) is 3.06. The summed E-state index contributed by atoms with van der Waals surface area (Å²) in [6, 6.07) is 14.5. The quantitative estimate of drug-likeness (QED) is 0.623. The van der Waals surface area contributed by atoms with Crippen molar-refractivity contribution in [3.63, 3.8) is 0 Å². The maximum atomic E-state index is 14.3. The minimum Gasteiger partial charge on any atom is -0.360 e. The number of nitrogens with one attached hydrogen (secondary N) is 1. The second kappa shape index (κ2) is 9.20. The largest absolute Gasteiger partial charge is 0.360 e. The molecule has 29 heavy (non-hydrogen) atoms. The molecule has 1 heterocycles. The molecule has 1 unspecified atom stereocenters. The van der Waals surface area contributed by atoms with Crippen molar-refractivity contribution >= 4 is 17.5 Å². The highest BCUT2D eigenvalue weighted by molar-refractivity contribution is 6.33. The molecule has 2 aromatic carbocycles. The van der Waals surface area contributed by atoms with Crippen molar-refractivity contribution in [2.24, 2.45) is 0 Å². The molecule has 3 rings (SSSR count). The van der Waals surface area contributed by atoms with Crippen molar-refractivity contribution in [3.05, 3.63) is 76.3 Å². The summed E-state index contributed by atoms with van der Waals surface area (Å²) >= 11 is 6.15. The highest BCUT2D eigenvalue weighted by atomic mass is 35.5. The van der Waals surface area contributed by atoms with Crippen LogP contribution in [0, 0.1) is 12.7 Å². The van der Waals surface area contributed by atoms with Crippen molar-refractivity contribution in [1.82, 2.24) is 15.4 Å². The van der Waals surface area contributed by atoms with Crippen molar-refractivity contribution in [2.75, 3.05) is 20.6 Å². The lowest BCUT2D eigenvalue weighted by Gasteiger charge is -2.24. The van der Waals surface area contributed by atoms with Crippen LogP contribution in [0.3, 0.4) is 0 Å². The Morgan fingerprint density at radius 1 is 1.21 bits per heavy atom. The number of carbonyl (C=O) groups excluding carboxylic acids is 1. The molecule has 0 aliphatic carbocycles. The fourth-order valence-corrected chi connectivity index (χ4v) is 3.41. The van der Waals surface area contributed by atoms with Gasteiger partial charge in [-0.2, -0.15) is 0 Å². The van der Waals surface area contributed by atoms with Crippen molar-refractivity contribution < 1.29 is 13.7 Å². The molecule has 0 spiro atoms. The standard InChI is InChI=1S/C22H23ClFN3O2/c1-14-19(21(26-29-14)20-17(23)10-7-11-18(20)24)22(28)25-13-16(27(2)3)12-15-8-5-4-6-9-15/h4-11,16H,12-13H2,1-3H3,(H,25,28). The van der Waals surface area contributed by atoms with Crippen LogP contribution in [0.2, 0.25) is 5.02 Å². The van der Waals surface area contributed by atoms with E-state index < -0.39 is 5.82 Å². The molecule has 0 saturated carbocycles. The fraction of sp³-hybridized carbons (Fsp3) is 0.273. The molecule has 0 aliphatic rings. The monoisotopic (exact) mass is 415 g/mol. The lowest BCUT2D eigenvalue weighted by atomic mass is 10.0. The Balaban J connectivity index is 1.80. The highest BCUT2D eigenvalue weighted by Gasteiger charge is 2.26. The first-order valence-corrected chi connectivity index (χ1v) is 9.65. The zero-order chi connectivity index (χ0) is 21.0. The summed E-state index contributed by atoms with van der Waals surface area (Å²) in [7, 11) is 3.93. The Kier molecular flexibility index (Phi) is 6.67. The number of likely N-dealkylation sites (N-methyl/N-ethyl adjacent to an activating group) is 1. The molecular weight excluding hydrogens is 393 g/mol. The predicted molar refractivity (Wildman–Crippen MR) is 112 cm³/mol. The van der Waals surface area contributed by atoms with Gasteiger partial charge in [0.15, 0.2) is 0 Å². The molecule has 0 bridgehead atoms. The van der Waals surface area contributed by atoms with Gasteiger partial charge in [-0.05, 0) is 45.1 Å². The molecule has 0 aliphatic heterocycles. The number of aromatic nitrogens is 1. The van der Waals surface area contributed by atoms with E-state index in [0.29, 0.717) is 12.3 Å². The number of hydrogen-bond acceptors (Lipinski definition) is 4. The van der Waals surface area contributed by atoms with Gasteiger partial charge in [-0.3, -0.25) is 4.79 Å². The summed E-state index contributed by atoms with van der Waals surface area (Å²) in [5.41, 5.74) is 1.53.